The number of rotatable bonds is 4. The van der Waals surface area contributed by atoms with Crippen LogP contribution in [0.2, 0.25) is 0 Å². The van der Waals surface area contributed by atoms with Crippen molar-refractivity contribution in [2.75, 3.05) is 25.0 Å². The van der Waals surface area contributed by atoms with Crippen molar-refractivity contribution in [1.82, 2.24) is 4.90 Å². The molecule has 20 heavy (non-hydrogen) atoms. The van der Waals surface area contributed by atoms with Gasteiger partial charge in [-0.2, -0.15) is 5.26 Å². The number of nitrogens with zero attached hydrogens (tertiary/aromatic N) is 2. The second-order valence-electron chi connectivity index (χ2n) is 5.21. The third-order valence-corrected chi connectivity index (χ3v) is 3.68. The van der Waals surface area contributed by atoms with Crippen LogP contribution < -0.4 is 5.32 Å². The molecule has 0 aliphatic carbocycles. The summed E-state index contributed by atoms with van der Waals surface area (Å²) in [5.74, 6) is -0.0167. The summed E-state index contributed by atoms with van der Waals surface area (Å²) in [7, 11) is 0. The zero-order valence-electron chi connectivity index (χ0n) is 11.8. The molecule has 0 radical (unpaired) electrons. The van der Waals surface area contributed by atoms with Gasteiger partial charge in [-0.1, -0.05) is 25.0 Å². The molecule has 1 amide bonds. The van der Waals surface area contributed by atoms with Crippen LogP contribution in [0.3, 0.4) is 0 Å². The Bertz CT molecular complexity index is 485. The summed E-state index contributed by atoms with van der Waals surface area (Å²) < 4.78 is 0. The van der Waals surface area contributed by atoms with Crippen LogP contribution in [0.4, 0.5) is 5.69 Å². The highest BCUT2D eigenvalue weighted by Crippen LogP contribution is 2.14. The first-order valence-electron chi connectivity index (χ1n) is 7.31. The molecule has 4 nitrogen and oxygen atoms in total. The van der Waals surface area contributed by atoms with Gasteiger partial charge in [0.25, 0.3) is 0 Å². The lowest BCUT2D eigenvalue weighted by Crippen LogP contribution is -2.28. The molecule has 0 saturated carbocycles. The average Bonchev–Trinajstić information content (AvgIpc) is 2.74. The number of carbonyl (C=O) groups excluding carboxylic acids is 1. The highest BCUT2D eigenvalue weighted by Gasteiger charge is 2.11. The first kappa shape index (κ1) is 14.5. The second-order valence-corrected chi connectivity index (χ2v) is 5.21. The molecule has 0 bridgehead atoms. The van der Waals surface area contributed by atoms with Crippen molar-refractivity contribution in [3.8, 4) is 6.07 Å². The van der Waals surface area contributed by atoms with Crippen molar-refractivity contribution in [3.63, 3.8) is 0 Å². The fourth-order valence-electron chi connectivity index (χ4n) is 2.52. The monoisotopic (exact) mass is 271 g/mol. The average molecular weight is 271 g/mol. The van der Waals surface area contributed by atoms with Gasteiger partial charge in [-0.25, -0.2) is 0 Å². The largest absolute Gasteiger partial charge is 0.325 e. The smallest absolute Gasteiger partial charge is 0.225 e. The van der Waals surface area contributed by atoms with E-state index in [9.17, 15) is 4.79 Å². The quantitative estimate of drug-likeness (QED) is 0.916. The minimum atomic E-state index is -0.0167. The van der Waals surface area contributed by atoms with Crippen LogP contribution >= 0.6 is 0 Å². The van der Waals surface area contributed by atoms with E-state index in [1.165, 1.54) is 25.7 Å². The Kier molecular flexibility index (Phi) is 5.57. The topological polar surface area (TPSA) is 56.1 Å². The fourth-order valence-corrected chi connectivity index (χ4v) is 2.52. The highest BCUT2D eigenvalue weighted by molar-refractivity contribution is 5.92. The lowest BCUT2D eigenvalue weighted by molar-refractivity contribution is -0.116. The maximum atomic E-state index is 12.0. The van der Waals surface area contributed by atoms with Crippen LogP contribution in [-0.4, -0.2) is 30.4 Å². The van der Waals surface area contributed by atoms with Gasteiger partial charge in [-0.05, 0) is 38.1 Å². The van der Waals surface area contributed by atoms with E-state index in [0.717, 1.165) is 19.6 Å². The normalized spacial score (nSPS) is 16.1. The summed E-state index contributed by atoms with van der Waals surface area (Å²) >= 11 is 0. The molecule has 0 aromatic heterocycles. The minimum absolute atomic E-state index is 0.0167. The summed E-state index contributed by atoms with van der Waals surface area (Å²) in [4.78, 5) is 14.3. The van der Waals surface area contributed by atoms with Crippen LogP contribution in [0.25, 0.3) is 0 Å². The molecule has 0 atom stereocenters. The summed E-state index contributed by atoms with van der Waals surface area (Å²) in [6.45, 7) is 3.00. The maximum Gasteiger partial charge on any atom is 0.225 e. The van der Waals surface area contributed by atoms with E-state index in [1.807, 2.05) is 6.07 Å². The van der Waals surface area contributed by atoms with Gasteiger partial charge in [-0.3, -0.25) is 4.79 Å². The third kappa shape index (κ3) is 4.36. The summed E-state index contributed by atoms with van der Waals surface area (Å²) in [6, 6.07) is 9.19. The molecule has 0 spiro atoms. The summed E-state index contributed by atoms with van der Waals surface area (Å²) in [6.07, 6.45) is 5.56. The van der Waals surface area contributed by atoms with E-state index in [1.54, 1.807) is 18.2 Å². The number of anilines is 1. The molecule has 1 aliphatic heterocycles. The Labute approximate surface area is 120 Å². The second kappa shape index (κ2) is 7.66. The number of likely N-dealkylation sites (tertiary alicyclic amines) is 1. The predicted molar refractivity (Wildman–Crippen MR) is 79.3 cm³/mol. The summed E-state index contributed by atoms with van der Waals surface area (Å²) in [5, 5.41) is 11.8. The van der Waals surface area contributed by atoms with Crippen LogP contribution in [-0.2, 0) is 4.79 Å². The summed E-state index contributed by atoms with van der Waals surface area (Å²) in [5.41, 5.74) is 1.12. The lowest BCUT2D eigenvalue weighted by Gasteiger charge is -2.19. The van der Waals surface area contributed by atoms with E-state index in [-0.39, 0.29) is 5.91 Å². The fraction of sp³-hybridized carbons (Fsp3) is 0.500. The predicted octanol–water partition coefficient (Wildman–Crippen LogP) is 2.76. The molecule has 2 rings (SSSR count). The van der Waals surface area contributed by atoms with E-state index in [0.29, 0.717) is 17.7 Å². The Morgan fingerprint density at radius 1 is 1.20 bits per heavy atom. The van der Waals surface area contributed by atoms with E-state index >= 15 is 0 Å². The van der Waals surface area contributed by atoms with Crippen molar-refractivity contribution in [3.05, 3.63) is 29.8 Å². The van der Waals surface area contributed by atoms with Gasteiger partial charge in [0, 0.05) is 13.0 Å². The maximum absolute atomic E-state index is 12.0. The van der Waals surface area contributed by atoms with Crippen LogP contribution in [0.1, 0.15) is 37.7 Å². The first-order valence-corrected chi connectivity index (χ1v) is 7.31. The van der Waals surface area contributed by atoms with Crippen LogP contribution in [0.15, 0.2) is 24.3 Å². The van der Waals surface area contributed by atoms with Gasteiger partial charge in [0.15, 0.2) is 0 Å². The number of para-hydroxylation sites is 1. The first-order chi connectivity index (χ1) is 9.79. The van der Waals surface area contributed by atoms with Gasteiger partial charge in [0.2, 0.25) is 5.91 Å². The Balaban J connectivity index is 1.81. The molecule has 1 aromatic rings. The van der Waals surface area contributed by atoms with E-state index < -0.39 is 0 Å². The SMILES string of the molecule is N#Cc1ccccc1NC(=O)CCN1CCCCCC1. The minimum Gasteiger partial charge on any atom is -0.325 e. The molecule has 1 aromatic carbocycles. The Morgan fingerprint density at radius 2 is 1.90 bits per heavy atom. The molecule has 1 heterocycles. The van der Waals surface area contributed by atoms with Crippen molar-refractivity contribution >= 4 is 11.6 Å². The molecule has 0 unspecified atom stereocenters. The number of nitrogens with one attached hydrogen (secondary N) is 1. The van der Waals surface area contributed by atoms with Crippen LogP contribution in [0, 0.1) is 11.3 Å². The lowest BCUT2D eigenvalue weighted by atomic mass is 10.2. The zero-order chi connectivity index (χ0) is 14.2. The Morgan fingerprint density at radius 3 is 2.60 bits per heavy atom. The molecule has 1 fully saturated rings. The molecule has 1 aliphatic rings. The highest BCUT2D eigenvalue weighted by atomic mass is 16.1. The number of hydrogen-bond donors (Lipinski definition) is 1. The van der Waals surface area contributed by atoms with Gasteiger partial charge in [0.1, 0.15) is 6.07 Å². The molecule has 1 N–H and O–H groups in total. The molecular weight excluding hydrogens is 250 g/mol. The number of nitriles is 1. The molecule has 1 saturated heterocycles. The number of carbonyl (C=O) groups is 1. The molecule has 4 heteroatoms. The third-order valence-electron chi connectivity index (χ3n) is 3.68. The van der Waals surface area contributed by atoms with Crippen molar-refractivity contribution in [2.24, 2.45) is 0 Å². The van der Waals surface area contributed by atoms with E-state index in [2.05, 4.69) is 16.3 Å². The van der Waals surface area contributed by atoms with Gasteiger partial charge < -0.3 is 10.2 Å². The van der Waals surface area contributed by atoms with Crippen molar-refractivity contribution in [2.45, 2.75) is 32.1 Å². The molecular formula is C16H21N3O. The van der Waals surface area contributed by atoms with Gasteiger partial charge in [-0.15, -0.1) is 0 Å². The van der Waals surface area contributed by atoms with E-state index in [4.69, 9.17) is 5.26 Å². The van der Waals surface area contributed by atoms with Crippen molar-refractivity contribution in [1.29, 1.82) is 5.26 Å². The van der Waals surface area contributed by atoms with Gasteiger partial charge in [0.05, 0.1) is 11.3 Å². The standard InChI is InChI=1S/C16H21N3O/c17-13-14-7-3-4-8-15(14)18-16(20)9-12-19-10-5-1-2-6-11-19/h3-4,7-8H,1-2,5-6,9-12H2,(H,18,20). The van der Waals surface area contributed by atoms with Gasteiger partial charge >= 0.3 is 0 Å². The Hall–Kier alpha value is -1.86. The number of benzene rings is 1. The zero-order valence-corrected chi connectivity index (χ0v) is 11.8. The molecule has 106 valence electrons. The van der Waals surface area contributed by atoms with Crippen molar-refractivity contribution < 1.29 is 4.79 Å². The number of amides is 1. The number of hydrogen-bond acceptors (Lipinski definition) is 3. The van der Waals surface area contributed by atoms with Crippen LogP contribution in [0.5, 0.6) is 0 Å².